The fourth-order valence-electron chi connectivity index (χ4n) is 14.8. The summed E-state index contributed by atoms with van der Waals surface area (Å²) in [6, 6.07) is 47.5. The first-order valence-corrected chi connectivity index (χ1v) is 44.9. The normalized spacial score (nSPS) is 12.8. The second-order valence-electron chi connectivity index (χ2n) is 31.8. The van der Waals surface area contributed by atoms with Gasteiger partial charge in [-0.2, -0.15) is 0 Å². The highest BCUT2D eigenvalue weighted by Crippen LogP contribution is 2.41. The molecule has 1 fully saturated rings. The number of H-pyrrole nitrogens is 3. The van der Waals surface area contributed by atoms with Crippen molar-refractivity contribution in [3.05, 3.63) is 359 Å². The van der Waals surface area contributed by atoms with Crippen LogP contribution in [0.25, 0.3) is 77.7 Å². The number of aromatic amines is 3. The fraction of sp³-hybridized carbons (Fsp3) is 0.176. The molecule has 35 heteroatoms. The summed E-state index contributed by atoms with van der Waals surface area (Å²) in [6.07, 6.45) is 22.2. The lowest BCUT2D eigenvalue weighted by atomic mass is 10.1. The lowest BCUT2D eigenvalue weighted by Crippen LogP contribution is -2.25. The van der Waals surface area contributed by atoms with E-state index in [0.717, 1.165) is 86.3 Å². The summed E-state index contributed by atoms with van der Waals surface area (Å²) in [5, 5.41) is 4.27. The summed E-state index contributed by atoms with van der Waals surface area (Å²) in [7, 11) is 1.67. The van der Waals surface area contributed by atoms with Crippen LogP contribution < -0.4 is 68.2 Å². The molecule has 0 aliphatic carbocycles. The Balaban J connectivity index is 0.000000137. The second-order valence-corrected chi connectivity index (χ2v) is 33.8. The van der Waals surface area contributed by atoms with Gasteiger partial charge >= 0.3 is 0 Å². The molecule has 1 aliphatic rings. The molecule has 5 atom stereocenters. The van der Waals surface area contributed by atoms with Gasteiger partial charge in [-0.3, -0.25) is 24.5 Å². The largest absolute Gasteiger partial charge is 0.491 e. The van der Waals surface area contributed by atoms with Gasteiger partial charge in [-0.25, -0.2) is 47.5 Å². The number of nitrogens with two attached hydrogens (primary N) is 5. The zero-order valence-electron chi connectivity index (χ0n) is 74.9. The number of nitrogens with one attached hydrogen (secondary N) is 3. The maximum atomic E-state index is 13.6. The summed E-state index contributed by atoms with van der Waals surface area (Å²) in [5.74, 6) is 2.17. The molecular weight excluding hydrogens is 1860 g/mol. The van der Waals surface area contributed by atoms with Gasteiger partial charge in [-0.1, -0.05) is 75.7 Å². The molecule has 1 saturated heterocycles. The van der Waals surface area contributed by atoms with Crippen molar-refractivity contribution in [3.8, 4) is 90.3 Å². The van der Waals surface area contributed by atoms with E-state index in [1.54, 1.807) is 133 Å². The standard InChI is InChI=1S/C24H26ClFN4O2.C21H19ClN4O.C20H16ClFN4O.C19H17ClFN3O2.C18H15ClFN3O2/c1-16(20-13-18(26)4-6-21(20)25)32-23-12-17(14-29-24(23)27)22-7-5-19(15-28-22)31-11-10-30-8-2-3-9-30;1-12-5-6-18(22)16(8-12)13(2)27-19-9-14(10-25-20(19)23)17-11-26-21-15(17)4-3-7-24-21;1-11(14-7-13(22)2-3-17(14)21)27-19-6-12(8-26-20(19)23)15-10-25-18-4-5-24-9-16(15)18;1-11(15-9-13(21)5-6-16(15)20)26-17-8-12(10-23-18(17)22)14-4-3-7-24(2)19(14)25;1-10(14-8-12(20)4-5-15(14)19)25-16-7-11(9-23-17(16)21)13-3-2-6-22-18(13)24/h4-7,12-16H,2-3,8-11H2,1H3,(H2,27,29);3-11,13H,1-2H3,(H2,23,25)(H,24,26);2-11,25H,1H3,(H2,23,26);3-11H,1-2H3,(H2,22,23);2-10H,1H3,(H2,21,23)(H,22,24). The van der Waals surface area contributed by atoms with E-state index in [1.165, 1.54) is 103 Å². The third-order valence-electron chi connectivity index (χ3n) is 22.1. The van der Waals surface area contributed by atoms with Crippen molar-refractivity contribution in [2.24, 2.45) is 7.05 Å². The Kier molecular flexibility index (Phi) is 32.3. The molecule has 12 aromatic heterocycles. The first kappa shape index (κ1) is 98.2. The molecule has 13 heterocycles. The quantitative estimate of drug-likeness (QED) is 0.0260. The molecule has 5 unspecified atom stereocenters. The molecule has 0 saturated carbocycles. The molecule has 18 rings (SSSR count). The minimum Gasteiger partial charge on any atom is -0.491 e. The number of benzene rings is 5. The lowest BCUT2D eigenvalue weighted by molar-refractivity contribution is 0.227. The molecule has 0 bridgehead atoms. The van der Waals surface area contributed by atoms with E-state index in [4.69, 9.17) is 115 Å². The highest BCUT2D eigenvalue weighted by atomic mass is 35.5. The minimum atomic E-state index is -0.559. The van der Waals surface area contributed by atoms with Gasteiger partial charge in [0.25, 0.3) is 11.1 Å². The van der Waals surface area contributed by atoms with E-state index in [2.05, 4.69) is 59.7 Å². The molecule has 0 amide bonds. The monoisotopic (exact) mass is 1950 g/mol. The van der Waals surface area contributed by atoms with Crippen LogP contribution in [-0.4, -0.2) is 90.5 Å². The van der Waals surface area contributed by atoms with Gasteiger partial charge in [0.05, 0.1) is 11.9 Å². The first-order valence-electron chi connectivity index (χ1n) is 43.0. The summed E-state index contributed by atoms with van der Waals surface area (Å²) < 4.78 is 91.2. The van der Waals surface area contributed by atoms with Crippen molar-refractivity contribution in [2.45, 2.75) is 84.9 Å². The van der Waals surface area contributed by atoms with E-state index in [9.17, 15) is 27.2 Å². The van der Waals surface area contributed by atoms with Crippen LogP contribution in [0.5, 0.6) is 34.5 Å². The van der Waals surface area contributed by atoms with Crippen molar-refractivity contribution in [2.75, 3.05) is 54.9 Å². The Morgan fingerprint density at radius 1 is 0.409 bits per heavy atom. The van der Waals surface area contributed by atoms with E-state index >= 15 is 0 Å². The molecule has 137 heavy (non-hydrogen) atoms. The highest BCUT2D eigenvalue weighted by Gasteiger charge is 2.24. The van der Waals surface area contributed by atoms with Gasteiger partial charge in [-0.05, 0) is 231 Å². The molecule has 702 valence electrons. The lowest BCUT2D eigenvalue weighted by Gasteiger charge is -2.18. The van der Waals surface area contributed by atoms with E-state index in [0.29, 0.717) is 111 Å². The van der Waals surface area contributed by atoms with Gasteiger partial charge < -0.3 is 76.6 Å². The first-order chi connectivity index (χ1) is 65.9. The summed E-state index contributed by atoms with van der Waals surface area (Å²) in [6.45, 7) is 14.9. The Morgan fingerprint density at radius 2 is 0.825 bits per heavy atom. The second kappa shape index (κ2) is 45.0. The van der Waals surface area contributed by atoms with Gasteiger partial charge in [-0.15, -0.1) is 0 Å². The smallest absolute Gasteiger partial charge is 0.258 e. The summed E-state index contributed by atoms with van der Waals surface area (Å²) in [4.78, 5) is 69.6. The number of halogens is 9. The van der Waals surface area contributed by atoms with Crippen LogP contribution in [-0.2, 0) is 7.05 Å². The average Bonchev–Trinajstić information content (AvgIpc) is 1.76. The number of anilines is 5. The minimum absolute atomic E-state index is 0.161. The number of ether oxygens (including phenoxy) is 6. The number of aromatic nitrogens is 12. The number of hydrogen-bond donors (Lipinski definition) is 8. The molecule has 5 aromatic carbocycles. The number of nitrogens with zero attached hydrogens (tertiary/aromatic N) is 10. The Hall–Kier alpha value is -14.8. The van der Waals surface area contributed by atoms with Gasteiger partial charge in [0.2, 0.25) is 0 Å². The van der Waals surface area contributed by atoms with Gasteiger partial charge in [0.15, 0.2) is 57.8 Å². The highest BCUT2D eigenvalue weighted by molar-refractivity contribution is 6.32. The number of fused-ring (bicyclic) bond motifs is 2. The summed E-state index contributed by atoms with van der Waals surface area (Å²) >= 11 is 30.9. The topological polar surface area (TPSA) is 378 Å². The Bertz CT molecular complexity index is 7100. The van der Waals surface area contributed by atoms with E-state index in [-0.39, 0.29) is 57.9 Å². The maximum Gasteiger partial charge on any atom is 0.258 e. The molecule has 1 aliphatic heterocycles. The molecule has 0 spiro atoms. The zero-order chi connectivity index (χ0) is 97.3. The summed E-state index contributed by atoms with van der Waals surface area (Å²) in [5.41, 5.74) is 42.5. The molecular formula is C102H93Cl5F4N18O8. The van der Waals surface area contributed by atoms with Crippen LogP contribution in [0.1, 0.15) is 111 Å². The van der Waals surface area contributed by atoms with Crippen molar-refractivity contribution in [1.82, 2.24) is 64.3 Å². The van der Waals surface area contributed by atoms with Gasteiger partial charge in [0.1, 0.15) is 71.8 Å². The number of aryl methyl sites for hydroxylation is 2. The predicted molar refractivity (Wildman–Crippen MR) is 532 cm³/mol. The van der Waals surface area contributed by atoms with Crippen molar-refractivity contribution >= 4 is 109 Å². The van der Waals surface area contributed by atoms with Crippen molar-refractivity contribution < 1.29 is 46.0 Å². The Morgan fingerprint density at radius 3 is 1.28 bits per heavy atom. The van der Waals surface area contributed by atoms with Gasteiger partial charge in [0, 0.05) is 207 Å². The van der Waals surface area contributed by atoms with Crippen molar-refractivity contribution in [1.29, 1.82) is 0 Å². The van der Waals surface area contributed by atoms with Crippen LogP contribution in [0.4, 0.5) is 46.7 Å². The predicted octanol–water partition coefficient (Wildman–Crippen LogP) is 23.5. The maximum absolute atomic E-state index is 13.6. The molecule has 17 aromatic rings. The molecule has 26 nitrogen and oxygen atoms in total. The van der Waals surface area contributed by atoms with E-state index < -0.39 is 36.1 Å². The molecule has 0 radical (unpaired) electrons. The third kappa shape index (κ3) is 24.9. The average molecular weight is 1950 g/mol. The van der Waals surface area contributed by atoms with Crippen LogP contribution in [0, 0.1) is 30.2 Å². The van der Waals surface area contributed by atoms with Crippen LogP contribution in [0.15, 0.2) is 266 Å². The number of nitrogen functional groups attached to an aromatic ring is 5. The number of rotatable bonds is 24. The Labute approximate surface area is 810 Å². The van der Waals surface area contributed by atoms with E-state index in [1.807, 2.05) is 86.9 Å². The number of pyridine rings is 10. The van der Waals surface area contributed by atoms with Crippen LogP contribution in [0.3, 0.4) is 0 Å². The third-order valence-corrected chi connectivity index (χ3v) is 23.8. The zero-order valence-corrected chi connectivity index (χ0v) is 78.7. The molecule has 13 N–H and O–H groups in total. The van der Waals surface area contributed by atoms with Crippen LogP contribution >= 0.6 is 58.0 Å². The fourth-order valence-corrected chi connectivity index (χ4v) is 16.2. The number of hydrogen-bond acceptors (Lipinski definition) is 22. The number of likely N-dealkylation sites (tertiary alicyclic amines) is 1. The van der Waals surface area contributed by atoms with Crippen molar-refractivity contribution in [3.63, 3.8) is 0 Å². The SMILES string of the molecule is CC(Oc1cc(-c2c[nH]c3ccncc23)cnc1N)c1cc(F)ccc1Cl.CC(Oc1cc(-c2ccc(OCCN3CCCC3)cn2)cnc1N)c1cc(F)ccc1Cl.CC(Oc1cc(-c2ccc[nH]c2=O)cnc1N)c1cc(F)ccc1Cl.CC(Oc1cc(-c2cccn(C)c2=O)cnc1N)c1cc(F)ccc1Cl.Cc1ccc(Cl)c(C(C)Oc2cc(-c3c[nH]c4ncccc34)cnc2N)c1. The van der Waals surface area contributed by atoms with Crippen LogP contribution in [0.2, 0.25) is 25.1 Å².